The number of benzene rings is 1. The van der Waals surface area contributed by atoms with Gasteiger partial charge >= 0.3 is 0 Å². The van der Waals surface area contributed by atoms with Gasteiger partial charge in [-0.3, -0.25) is 0 Å². The van der Waals surface area contributed by atoms with E-state index in [0.717, 1.165) is 13.1 Å². The van der Waals surface area contributed by atoms with Crippen molar-refractivity contribution in [3.8, 4) is 0 Å². The van der Waals surface area contributed by atoms with Gasteiger partial charge in [0.2, 0.25) is 0 Å². The molecular weight excluding hydrogens is 176 g/mol. The Balaban J connectivity index is 2.30. The van der Waals surface area contributed by atoms with Crippen molar-refractivity contribution >= 4 is 0 Å². The van der Waals surface area contributed by atoms with Crippen molar-refractivity contribution in [3.05, 3.63) is 35.9 Å². The van der Waals surface area contributed by atoms with E-state index in [9.17, 15) is 0 Å². The zero-order chi connectivity index (χ0) is 10.2. The Kier molecular flexibility index (Phi) is 4.64. The molecule has 0 saturated heterocycles. The molecule has 0 atom stereocenters. The topological polar surface area (TPSA) is 54.0 Å². The van der Waals surface area contributed by atoms with Gasteiger partial charge in [0, 0.05) is 13.1 Å². The third kappa shape index (κ3) is 4.00. The molecule has 0 radical (unpaired) electrons. The van der Waals surface area contributed by atoms with E-state index >= 15 is 0 Å². The number of hydrogen-bond acceptors (Lipinski definition) is 3. The summed E-state index contributed by atoms with van der Waals surface area (Å²) in [4.78, 5) is 2.18. The predicted molar refractivity (Wildman–Crippen MR) is 56.7 cm³/mol. The smallest absolute Gasteiger partial charge is 0.0747 e. The summed E-state index contributed by atoms with van der Waals surface area (Å²) in [6.07, 6.45) is 0. The largest absolute Gasteiger partial charge is 0.305 e. The van der Waals surface area contributed by atoms with Crippen LogP contribution in [0.4, 0.5) is 0 Å². The third-order valence-corrected chi connectivity index (χ3v) is 1.96. The molecule has 0 fully saturated rings. The van der Waals surface area contributed by atoms with Gasteiger partial charge in [-0.15, -0.1) is 0 Å². The molecule has 4 heteroatoms. The van der Waals surface area contributed by atoms with Gasteiger partial charge in [0.1, 0.15) is 0 Å². The number of nitrogens with zero attached hydrogens (tertiary/aromatic N) is 3. The standard InChI is InChI=1S/C10H16N4/c1-14(8-7-12-13-11)9-10-5-3-2-4-6-10/h2-6H,7-9H2,1H3,(H2,11,12). The van der Waals surface area contributed by atoms with Gasteiger partial charge in [-0.05, 0) is 12.6 Å². The minimum atomic E-state index is 0.653. The van der Waals surface area contributed by atoms with Gasteiger partial charge in [0.05, 0.1) is 6.54 Å². The lowest BCUT2D eigenvalue weighted by molar-refractivity contribution is 0.334. The molecule has 0 saturated carbocycles. The minimum absolute atomic E-state index is 0.653. The maximum atomic E-state index is 4.91. The monoisotopic (exact) mass is 192 g/mol. The number of rotatable bonds is 5. The van der Waals surface area contributed by atoms with Crippen LogP contribution in [-0.2, 0) is 6.54 Å². The van der Waals surface area contributed by atoms with Crippen LogP contribution in [0.25, 0.3) is 0 Å². The SMILES string of the molecule is CN(CCN=NN)Cc1ccccc1. The van der Waals surface area contributed by atoms with E-state index in [-0.39, 0.29) is 0 Å². The highest BCUT2D eigenvalue weighted by Gasteiger charge is 1.98. The summed E-state index contributed by atoms with van der Waals surface area (Å²) in [5, 5.41) is 6.93. The normalized spacial score (nSPS) is 11.3. The fourth-order valence-electron chi connectivity index (χ4n) is 1.25. The van der Waals surface area contributed by atoms with Crippen molar-refractivity contribution in [1.29, 1.82) is 0 Å². The van der Waals surface area contributed by atoms with Crippen LogP contribution in [0.5, 0.6) is 0 Å². The first-order valence-electron chi connectivity index (χ1n) is 4.62. The van der Waals surface area contributed by atoms with E-state index in [0.29, 0.717) is 6.54 Å². The van der Waals surface area contributed by atoms with Crippen LogP contribution in [0, 0.1) is 0 Å². The zero-order valence-electron chi connectivity index (χ0n) is 8.43. The average Bonchev–Trinajstić information content (AvgIpc) is 2.20. The van der Waals surface area contributed by atoms with E-state index in [2.05, 4.69) is 34.4 Å². The van der Waals surface area contributed by atoms with E-state index in [1.54, 1.807) is 0 Å². The molecule has 0 aromatic heterocycles. The van der Waals surface area contributed by atoms with Gasteiger partial charge in [-0.25, -0.2) is 0 Å². The summed E-state index contributed by atoms with van der Waals surface area (Å²) in [5.41, 5.74) is 1.31. The van der Waals surface area contributed by atoms with Gasteiger partial charge < -0.3 is 10.7 Å². The molecular formula is C10H16N4. The first-order valence-corrected chi connectivity index (χ1v) is 4.62. The van der Waals surface area contributed by atoms with Crippen molar-refractivity contribution in [1.82, 2.24) is 4.90 Å². The second kappa shape index (κ2) is 6.10. The molecule has 0 bridgehead atoms. The Morgan fingerprint density at radius 3 is 2.64 bits per heavy atom. The lowest BCUT2D eigenvalue weighted by Gasteiger charge is -2.14. The maximum absolute atomic E-state index is 4.91. The highest BCUT2D eigenvalue weighted by molar-refractivity contribution is 5.14. The van der Waals surface area contributed by atoms with Crippen LogP contribution in [0.1, 0.15) is 5.56 Å². The maximum Gasteiger partial charge on any atom is 0.0747 e. The first-order chi connectivity index (χ1) is 6.83. The highest BCUT2D eigenvalue weighted by Crippen LogP contribution is 2.01. The first kappa shape index (κ1) is 10.7. The molecule has 0 aliphatic rings. The minimum Gasteiger partial charge on any atom is -0.305 e. The van der Waals surface area contributed by atoms with Crippen LogP contribution in [0.2, 0.25) is 0 Å². The Morgan fingerprint density at radius 2 is 2.00 bits per heavy atom. The van der Waals surface area contributed by atoms with E-state index in [4.69, 9.17) is 5.84 Å². The predicted octanol–water partition coefficient (Wildman–Crippen LogP) is 1.44. The lowest BCUT2D eigenvalue weighted by atomic mass is 10.2. The van der Waals surface area contributed by atoms with Crippen molar-refractivity contribution in [2.75, 3.05) is 20.1 Å². The van der Waals surface area contributed by atoms with Crippen LogP contribution >= 0.6 is 0 Å². The highest BCUT2D eigenvalue weighted by atomic mass is 15.3. The van der Waals surface area contributed by atoms with Crippen LogP contribution in [0.15, 0.2) is 40.7 Å². The van der Waals surface area contributed by atoms with Crippen molar-refractivity contribution in [3.63, 3.8) is 0 Å². The molecule has 0 spiro atoms. The molecule has 0 aliphatic carbocycles. The lowest BCUT2D eigenvalue weighted by Crippen LogP contribution is -2.20. The van der Waals surface area contributed by atoms with E-state index in [1.807, 2.05) is 18.2 Å². The second-order valence-electron chi connectivity index (χ2n) is 3.20. The molecule has 76 valence electrons. The van der Waals surface area contributed by atoms with Crippen LogP contribution in [0.3, 0.4) is 0 Å². The molecule has 1 aromatic carbocycles. The molecule has 2 N–H and O–H groups in total. The van der Waals surface area contributed by atoms with Gasteiger partial charge in [0.15, 0.2) is 0 Å². The number of nitrogens with two attached hydrogens (primary N) is 1. The molecule has 4 nitrogen and oxygen atoms in total. The molecule has 0 unspecified atom stereocenters. The molecule has 14 heavy (non-hydrogen) atoms. The zero-order valence-corrected chi connectivity index (χ0v) is 8.43. The summed E-state index contributed by atoms with van der Waals surface area (Å²) < 4.78 is 0. The molecule has 0 amide bonds. The van der Waals surface area contributed by atoms with Crippen LogP contribution in [-0.4, -0.2) is 25.0 Å². The summed E-state index contributed by atoms with van der Waals surface area (Å²) in [6, 6.07) is 10.3. The Bertz CT molecular complexity index is 271. The molecule has 0 heterocycles. The number of hydrogen-bond donors (Lipinski definition) is 1. The van der Waals surface area contributed by atoms with Gasteiger partial charge in [-0.2, -0.15) is 5.11 Å². The summed E-state index contributed by atoms with van der Waals surface area (Å²) in [5.74, 6) is 4.91. The quantitative estimate of drug-likeness (QED) is 0.436. The van der Waals surface area contributed by atoms with Crippen molar-refractivity contribution in [2.45, 2.75) is 6.54 Å². The van der Waals surface area contributed by atoms with E-state index in [1.165, 1.54) is 5.56 Å². The van der Waals surface area contributed by atoms with Gasteiger partial charge in [0.25, 0.3) is 0 Å². The second-order valence-corrected chi connectivity index (χ2v) is 3.20. The number of likely N-dealkylation sites (N-methyl/N-ethyl adjacent to an activating group) is 1. The average molecular weight is 192 g/mol. The van der Waals surface area contributed by atoms with Crippen molar-refractivity contribution < 1.29 is 0 Å². The fourth-order valence-corrected chi connectivity index (χ4v) is 1.25. The molecule has 1 rings (SSSR count). The third-order valence-electron chi connectivity index (χ3n) is 1.96. The Hall–Kier alpha value is -1.42. The summed E-state index contributed by atoms with van der Waals surface area (Å²) in [6.45, 7) is 2.45. The van der Waals surface area contributed by atoms with Crippen LogP contribution < -0.4 is 5.84 Å². The summed E-state index contributed by atoms with van der Waals surface area (Å²) >= 11 is 0. The van der Waals surface area contributed by atoms with E-state index < -0.39 is 0 Å². The Labute approximate surface area is 84.4 Å². The molecule has 0 aliphatic heterocycles. The Morgan fingerprint density at radius 1 is 1.29 bits per heavy atom. The van der Waals surface area contributed by atoms with Crippen molar-refractivity contribution in [2.24, 2.45) is 16.2 Å². The summed E-state index contributed by atoms with van der Waals surface area (Å²) in [7, 11) is 2.05. The fraction of sp³-hybridized carbons (Fsp3) is 0.400. The molecule has 1 aromatic rings. The van der Waals surface area contributed by atoms with Gasteiger partial charge in [-0.1, -0.05) is 35.6 Å².